The number of rotatable bonds is 50. The van der Waals surface area contributed by atoms with Gasteiger partial charge in [0.05, 0.1) is 0 Å². The molecule has 0 aliphatic rings. The molecule has 0 saturated carbocycles. The van der Waals surface area contributed by atoms with Crippen LogP contribution in [0.1, 0.15) is 271 Å². The van der Waals surface area contributed by atoms with Crippen molar-refractivity contribution in [2.75, 3.05) is 13.2 Å². The molecule has 0 aliphatic heterocycles. The van der Waals surface area contributed by atoms with E-state index in [-0.39, 0.29) is 31.1 Å². The molecular formula is C60H104O6. The maximum absolute atomic E-state index is 12.8. The molecule has 380 valence electrons. The van der Waals surface area contributed by atoms with Crippen LogP contribution in [0.2, 0.25) is 0 Å². The standard InChI is InChI=1S/C60H104O6/c1-4-7-10-13-16-18-20-22-24-26-28-29-30-31-33-34-36-38-40-42-44-47-50-53-59(62)65-56-57(55-64-58(61)52-49-46-15-12-9-6-3)66-60(63)54-51-48-45-43-41-39-37-35-32-27-25-23-21-19-17-14-11-8-5-2/h7,10,16,18,22,24,28-29,31,33,36,38,57H,4-6,8-9,11-15,17,19-21,23,25-27,30,32,34-35,37,39-56H2,1-3H3/b10-7-,18-16-,24-22-,29-28-,33-31-,38-36-. The molecule has 0 aromatic rings. The van der Waals surface area contributed by atoms with Crippen molar-refractivity contribution in [3.05, 3.63) is 72.9 Å². The molecule has 0 spiro atoms. The van der Waals surface area contributed by atoms with E-state index in [1.807, 2.05) is 0 Å². The average Bonchev–Trinajstić information content (AvgIpc) is 3.31. The Morgan fingerprint density at radius 3 is 0.924 bits per heavy atom. The Morgan fingerprint density at radius 2 is 0.591 bits per heavy atom. The summed E-state index contributed by atoms with van der Waals surface area (Å²) in [5.41, 5.74) is 0. The fourth-order valence-electron chi connectivity index (χ4n) is 7.80. The number of ether oxygens (including phenoxy) is 3. The van der Waals surface area contributed by atoms with Crippen molar-refractivity contribution in [2.45, 2.75) is 277 Å². The molecule has 66 heavy (non-hydrogen) atoms. The summed E-state index contributed by atoms with van der Waals surface area (Å²) in [6, 6.07) is 0. The molecule has 0 heterocycles. The Balaban J connectivity index is 4.21. The van der Waals surface area contributed by atoms with Crippen LogP contribution in [0.25, 0.3) is 0 Å². The van der Waals surface area contributed by atoms with Gasteiger partial charge in [-0.3, -0.25) is 14.4 Å². The van der Waals surface area contributed by atoms with E-state index in [0.717, 1.165) is 109 Å². The molecule has 0 N–H and O–H groups in total. The molecule has 0 fully saturated rings. The van der Waals surface area contributed by atoms with Gasteiger partial charge in [-0.05, 0) is 70.6 Å². The summed E-state index contributed by atoms with van der Waals surface area (Å²) >= 11 is 0. The van der Waals surface area contributed by atoms with Crippen molar-refractivity contribution in [3.8, 4) is 0 Å². The number of allylic oxidation sites excluding steroid dienone is 12. The minimum atomic E-state index is -0.781. The smallest absolute Gasteiger partial charge is 0.306 e. The van der Waals surface area contributed by atoms with Crippen molar-refractivity contribution >= 4 is 17.9 Å². The molecule has 6 nitrogen and oxygen atoms in total. The van der Waals surface area contributed by atoms with Gasteiger partial charge < -0.3 is 14.2 Å². The molecule has 0 rings (SSSR count). The first-order valence-corrected chi connectivity index (χ1v) is 27.9. The average molecular weight is 921 g/mol. The lowest BCUT2D eigenvalue weighted by Crippen LogP contribution is -2.30. The highest BCUT2D eigenvalue weighted by atomic mass is 16.6. The fourth-order valence-corrected chi connectivity index (χ4v) is 7.80. The number of hydrogen-bond acceptors (Lipinski definition) is 6. The highest BCUT2D eigenvalue weighted by Crippen LogP contribution is 2.16. The lowest BCUT2D eigenvalue weighted by molar-refractivity contribution is -0.167. The maximum Gasteiger partial charge on any atom is 0.306 e. The third kappa shape index (κ3) is 51.8. The van der Waals surface area contributed by atoms with Gasteiger partial charge in [-0.2, -0.15) is 0 Å². The number of carbonyl (C=O) groups is 3. The topological polar surface area (TPSA) is 78.9 Å². The SMILES string of the molecule is CC/C=C\C/C=C\C/C=C\C/C=C\C/C=C\C/C=C\CCCCCCC(=O)OCC(COC(=O)CCCCCCCC)OC(=O)CCCCCCCCCCCCCCCCCCCCC. The Labute approximate surface area is 408 Å². The maximum atomic E-state index is 12.8. The zero-order chi connectivity index (χ0) is 47.9. The van der Waals surface area contributed by atoms with Gasteiger partial charge >= 0.3 is 17.9 Å². The Kier molecular flexibility index (Phi) is 51.9. The van der Waals surface area contributed by atoms with Gasteiger partial charge in [0.25, 0.3) is 0 Å². The number of unbranched alkanes of at least 4 members (excludes halogenated alkanes) is 27. The monoisotopic (exact) mass is 921 g/mol. The summed E-state index contributed by atoms with van der Waals surface area (Å²) in [6.07, 6.45) is 69.2. The van der Waals surface area contributed by atoms with Gasteiger partial charge in [-0.1, -0.05) is 254 Å². The van der Waals surface area contributed by atoms with Crippen LogP contribution >= 0.6 is 0 Å². The van der Waals surface area contributed by atoms with E-state index in [1.165, 1.54) is 122 Å². The molecule has 1 atom stereocenters. The van der Waals surface area contributed by atoms with Gasteiger partial charge in [0, 0.05) is 19.3 Å². The Hall–Kier alpha value is -3.15. The van der Waals surface area contributed by atoms with Crippen molar-refractivity contribution in [2.24, 2.45) is 0 Å². The van der Waals surface area contributed by atoms with Crippen LogP contribution in [0.3, 0.4) is 0 Å². The quantitative estimate of drug-likeness (QED) is 0.0262. The third-order valence-corrected chi connectivity index (χ3v) is 12.0. The molecule has 0 radical (unpaired) electrons. The van der Waals surface area contributed by atoms with E-state index in [1.54, 1.807) is 0 Å². The first-order valence-electron chi connectivity index (χ1n) is 27.9. The van der Waals surface area contributed by atoms with E-state index in [2.05, 4.69) is 93.7 Å². The predicted octanol–water partition coefficient (Wildman–Crippen LogP) is 18.6. The second-order valence-electron chi connectivity index (χ2n) is 18.5. The zero-order valence-electron chi connectivity index (χ0n) is 43.4. The van der Waals surface area contributed by atoms with Crippen LogP contribution < -0.4 is 0 Å². The van der Waals surface area contributed by atoms with Crippen LogP contribution in [0.15, 0.2) is 72.9 Å². The fraction of sp³-hybridized carbons (Fsp3) is 0.750. The van der Waals surface area contributed by atoms with Gasteiger partial charge in [0.2, 0.25) is 0 Å². The largest absolute Gasteiger partial charge is 0.462 e. The van der Waals surface area contributed by atoms with Gasteiger partial charge in [-0.25, -0.2) is 0 Å². The molecule has 0 bridgehead atoms. The summed E-state index contributed by atoms with van der Waals surface area (Å²) < 4.78 is 16.7. The van der Waals surface area contributed by atoms with Gasteiger partial charge in [0.15, 0.2) is 6.10 Å². The van der Waals surface area contributed by atoms with Crippen molar-refractivity contribution in [1.29, 1.82) is 0 Å². The van der Waals surface area contributed by atoms with E-state index >= 15 is 0 Å². The molecule has 0 aromatic heterocycles. The van der Waals surface area contributed by atoms with Crippen LogP contribution in [0, 0.1) is 0 Å². The van der Waals surface area contributed by atoms with Crippen molar-refractivity contribution < 1.29 is 28.6 Å². The highest BCUT2D eigenvalue weighted by Gasteiger charge is 2.19. The molecule has 6 heteroatoms. The third-order valence-electron chi connectivity index (χ3n) is 12.0. The van der Waals surface area contributed by atoms with E-state index in [9.17, 15) is 14.4 Å². The minimum absolute atomic E-state index is 0.0819. The summed E-state index contributed by atoms with van der Waals surface area (Å²) in [5, 5.41) is 0. The van der Waals surface area contributed by atoms with Crippen LogP contribution in [-0.4, -0.2) is 37.2 Å². The Morgan fingerprint density at radius 1 is 0.318 bits per heavy atom. The molecular weight excluding hydrogens is 817 g/mol. The molecule has 1 unspecified atom stereocenters. The van der Waals surface area contributed by atoms with Gasteiger partial charge in [-0.15, -0.1) is 0 Å². The number of carbonyl (C=O) groups excluding carboxylic acids is 3. The van der Waals surface area contributed by atoms with Crippen LogP contribution in [0.4, 0.5) is 0 Å². The number of esters is 3. The molecule has 0 amide bonds. The lowest BCUT2D eigenvalue weighted by Gasteiger charge is -2.18. The summed E-state index contributed by atoms with van der Waals surface area (Å²) in [4.78, 5) is 37.8. The summed E-state index contributed by atoms with van der Waals surface area (Å²) in [6.45, 7) is 6.46. The highest BCUT2D eigenvalue weighted by molar-refractivity contribution is 5.71. The minimum Gasteiger partial charge on any atom is -0.462 e. The Bertz CT molecular complexity index is 1240. The first kappa shape index (κ1) is 62.8. The van der Waals surface area contributed by atoms with Crippen molar-refractivity contribution in [1.82, 2.24) is 0 Å². The van der Waals surface area contributed by atoms with Crippen LogP contribution in [0.5, 0.6) is 0 Å². The normalized spacial score (nSPS) is 12.6. The summed E-state index contributed by atoms with van der Waals surface area (Å²) in [5.74, 6) is -0.909. The molecule has 0 aromatic carbocycles. The predicted molar refractivity (Wildman–Crippen MR) is 284 cm³/mol. The second-order valence-corrected chi connectivity index (χ2v) is 18.5. The van der Waals surface area contributed by atoms with Crippen LogP contribution in [-0.2, 0) is 28.6 Å². The first-order chi connectivity index (χ1) is 32.5. The van der Waals surface area contributed by atoms with Crippen molar-refractivity contribution in [3.63, 3.8) is 0 Å². The van der Waals surface area contributed by atoms with E-state index < -0.39 is 6.10 Å². The second kappa shape index (κ2) is 54.5. The number of hydrogen-bond donors (Lipinski definition) is 0. The molecule has 0 saturated heterocycles. The van der Waals surface area contributed by atoms with E-state index in [0.29, 0.717) is 19.3 Å². The zero-order valence-corrected chi connectivity index (χ0v) is 43.4. The molecule has 0 aliphatic carbocycles. The summed E-state index contributed by atoms with van der Waals surface area (Å²) in [7, 11) is 0. The van der Waals surface area contributed by atoms with E-state index in [4.69, 9.17) is 14.2 Å². The van der Waals surface area contributed by atoms with Gasteiger partial charge in [0.1, 0.15) is 13.2 Å². The lowest BCUT2D eigenvalue weighted by atomic mass is 10.0.